The molecule has 26 heavy (non-hydrogen) atoms. The first kappa shape index (κ1) is 17.1. The topological polar surface area (TPSA) is 41.8 Å². The number of hydrogen-bond donors (Lipinski definition) is 1. The van der Waals surface area contributed by atoms with Crippen LogP contribution in [-0.2, 0) is 6.54 Å². The molecule has 1 saturated heterocycles. The van der Waals surface area contributed by atoms with E-state index in [2.05, 4.69) is 71.6 Å². The molecule has 0 spiro atoms. The summed E-state index contributed by atoms with van der Waals surface area (Å²) in [4.78, 5) is 6.95. The molecule has 4 rings (SSSR count). The number of nitrogens with one attached hydrogen (secondary N) is 1. The third kappa shape index (κ3) is 3.74. The summed E-state index contributed by atoms with van der Waals surface area (Å²) in [6.07, 6.45) is 6.11. The van der Waals surface area contributed by atoms with Gasteiger partial charge in [-0.3, -0.25) is 4.90 Å². The zero-order chi connectivity index (χ0) is 17.9. The summed E-state index contributed by atoms with van der Waals surface area (Å²) in [7, 11) is 0. The Kier molecular flexibility index (Phi) is 4.91. The van der Waals surface area contributed by atoms with Crippen molar-refractivity contribution in [2.24, 2.45) is 0 Å². The van der Waals surface area contributed by atoms with Crippen LogP contribution >= 0.6 is 0 Å². The van der Waals surface area contributed by atoms with Crippen molar-refractivity contribution in [2.45, 2.75) is 32.5 Å². The van der Waals surface area contributed by atoms with E-state index in [1.807, 2.05) is 16.8 Å². The van der Waals surface area contributed by atoms with E-state index in [9.17, 15) is 0 Å². The predicted molar refractivity (Wildman–Crippen MR) is 103 cm³/mol. The summed E-state index contributed by atoms with van der Waals surface area (Å²) in [5, 5.41) is 3.53. The molecule has 1 aliphatic rings. The van der Waals surface area contributed by atoms with Crippen molar-refractivity contribution in [2.75, 3.05) is 19.6 Å². The van der Waals surface area contributed by atoms with Crippen LogP contribution in [0.3, 0.4) is 0 Å². The monoisotopic (exact) mass is 350 g/mol. The highest BCUT2D eigenvalue weighted by Crippen LogP contribution is 2.26. The number of fused-ring (bicyclic) bond motifs is 1. The number of ether oxygens (including phenoxy) is 1. The molecule has 1 unspecified atom stereocenters. The number of rotatable bonds is 5. The van der Waals surface area contributed by atoms with E-state index in [1.54, 1.807) is 0 Å². The Bertz CT molecular complexity index is 856. The van der Waals surface area contributed by atoms with E-state index in [-0.39, 0.29) is 6.10 Å². The Morgan fingerprint density at radius 3 is 2.85 bits per heavy atom. The molecular formula is C21H26N4O. The average molecular weight is 350 g/mol. The molecule has 136 valence electrons. The van der Waals surface area contributed by atoms with Crippen LogP contribution in [0.5, 0.6) is 5.75 Å². The molecule has 0 saturated carbocycles. The average Bonchev–Trinajstić information content (AvgIpc) is 3.10. The van der Waals surface area contributed by atoms with Crippen molar-refractivity contribution < 1.29 is 4.74 Å². The molecule has 0 bridgehead atoms. The molecule has 1 fully saturated rings. The maximum absolute atomic E-state index is 5.77. The van der Waals surface area contributed by atoms with Gasteiger partial charge in [0.15, 0.2) is 0 Å². The Balaban J connectivity index is 1.52. The van der Waals surface area contributed by atoms with Crippen LogP contribution in [-0.4, -0.2) is 40.0 Å². The van der Waals surface area contributed by atoms with Crippen molar-refractivity contribution in [3.63, 3.8) is 0 Å². The molecule has 5 heteroatoms. The van der Waals surface area contributed by atoms with Crippen LogP contribution in [0, 0.1) is 0 Å². The van der Waals surface area contributed by atoms with Crippen LogP contribution in [0.15, 0.2) is 55.0 Å². The summed E-state index contributed by atoms with van der Waals surface area (Å²) >= 11 is 0. The number of pyridine rings is 1. The van der Waals surface area contributed by atoms with Gasteiger partial charge in [0, 0.05) is 50.8 Å². The van der Waals surface area contributed by atoms with Gasteiger partial charge in [0.1, 0.15) is 11.4 Å². The molecule has 3 aromatic rings. The van der Waals surface area contributed by atoms with Crippen molar-refractivity contribution in [3.05, 3.63) is 66.1 Å². The Morgan fingerprint density at radius 1 is 1.19 bits per heavy atom. The van der Waals surface area contributed by atoms with E-state index in [0.717, 1.165) is 37.6 Å². The lowest BCUT2D eigenvalue weighted by Crippen LogP contribution is -2.45. The van der Waals surface area contributed by atoms with Crippen molar-refractivity contribution in [3.8, 4) is 5.75 Å². The van der Waals surface area contributed by atoms with Crippen LogP contribution in [0.4, 0.5) is 0 Å². The number of hydrogen-bond acceptors (Lipinski definition) is 4. The number of nitrogens with zero attached hydrogens (tertiary/aromatic N) is 3. The zero-order valence-corrected chi connectivity index (χ0v) is 15.4. The van der Waals surface area contributed by atoms with Gasteiger partial charge in [0.05, 0.1) is 6.10 Å². The van der Waals surface area contributed by atoms with E-state index in [1.165, 1.54) is 11.1 Å². The third-order valence-corrected chi connectivity index (χ3v) is 4.84. The van der Waals surface area contributed by atoms with Crippen molar-refractivity contribution in [1.82, 2.24) is 19.6 Å². The molecule has 1 N–H and O–H groups in total. The number of imidazole rings is 1. The Labute approximate surface area is 154 Å². The zero-order valence-electron chi connectivity index (χ0n) is 15.4. The number of aromatic nitrogens is 2. The van der Waals surface area contributed by atoms with Gasteiger partial charge in [-0.25, -0.2) is 4.98 Å². The predicted octanol–water partition coefficient (Wildman–Crippen LogP) is 3.27. The first-order valence-corrected chi connectivity index (χ1v) is 9.32. The Morgan fingerprint density at radius 2 is 2.04 bits per heavy atom. The number of benzene rings is 1. The first-order valence-electron chi connectivity index (χ1n) is 9.32. The second kappa shape index (κ2) is 7.48. The van der Waals surface area contributed by atoms with Crippen LogP contribution in [0.1, 0.15) is 31.0 Å². The summed E-state index contributed by atoms with van der Waals surface area (Å²) in [6, 6.07) is 13.3. The highest BCUT2D eigenvalue weighted by Gasteiger charge is 2.24. The van der Waals surface area contributed by atoms with Gasteiger partial charge in [-0.15, -0.1) is 0 Å². The minimum atomic E-state index is 0.200. The summed E-state index contributed by atoms with van der Waals surface area (Å²) in [6.45, 7) is 8.07. The van der Waals surface area contributed by atoms with Crippen LogP contribution in [0.2, 0.25) is 0 Å². The molecule has 1 atom stereocenters. The molecule has 0 aliphatic carbocycles. The molecular weight excluding hydrogens is 324 g/mol. The molecule has 5 nitrogen and oxygen atoms in total. The summed E-state index contributed by atoms with van der Waals surface area (Å²) < 4.78 is 7.82. The van der Waals surface area contributed by atoms with Crippen LogP contribution < -0.4 is 10.1 Å². The highest BCUT2D eigenvalue weighted by molar-refractivity contribution is 5.41. The molecule has 1 aliphatic heterocycles. The lowest BCUT2D eigenvalue weighted by Gasteiger charge is -2.36. The lowest BCUT2D eigenvalue weighted by atomic mass is 10.0. The third-order valence-electron chi connectivity index (χ3n) is 4.84. The SMILES string of the molecule is CC(C)Oc1ccc(C2CNCCN2Cc2ccn3ccnc3c2)cc1. The Hall–Kier alpha value is -2.37. The number of piperazine rings is 1. The summed E-state index contributed by atoms with van der Waals surface area (Å²) in [5.74, 6) is 0.934. The molecule has 0 radical (unpaired) electrons. The smallest absolute Gasteiger partial charge is 0.136 e. The summed E-state index contributed by atoms with van der Waals surface area (Å²) in [5.41, 5.74) is 3.63. The first-order chi connectivity index (χ1) is 12.7. The highest BCUT2D eigenvalue weighted by atomic mass is 16.5. The van der Waals surface area contributed by atoms with Gasteiger partial charge in [-0.1, -0.05) is 12.1 Å². The maximum Gasteiger partial charge on any atom is 0.136 e. The van der Waals surface area contributed by atoms with Gasteiger partial charge in [0.2, 0.25) is 0 Å². The fourth-order valence-corrected chi connectivity index (χ4v) is 3.59. The fourth-order valence-electron chi connectivity index (χ4n) is 3.59. The van der Waals surface area contributed by atoms with Crippen molar-refractivity contribution >= 4 is 5.65 Å². The minimum absolute atomic E-state index is 0.200. The van der Waals surface area contributed by atoms with Gasteiger partial charge in [-0.2, -0.15) is 0 Å². The van der Waals surface area contributed by atoms with E-state index in [0.29, 0.717) is 6.04 Å². The largest absolute Gasteiger partial charge is 0.491 e. The normalized spacial score (nSPS) is 18.5. The fraction of sp³-hybridized carbons (Fsp3) is 0.381. The van der Waals surface area contributed by atoms with E-state index < -0.39 is 0 Å². The molecule has 3 heterocycles. The molecule has 1 aromatic carbocycles. The van der Waals surface area contributed by atoms with Crippen molar-refractivity contribution in [1.29, 1.82) is 0 Å². The lowest BCUT2D eigenvalue weighted by molar-refractivity contribution is 0.153. The van der Waals surface area contributed by atoms with Gasteiger partial charge >= 0.3 is 0 Å². The second-order valence-corrected chi connectivity index (χ2v) is 7.15. The van der Waals surface area contributed by atoms with Crippen LogP contribution in [0.25, 0.3) is 5.65 Å². The van der Waals surface area contributed by atoms with Gasteiger partial charge < -0.3 is 14.5 Å². The molecule has 2 aromatic heterocycles. The van der Waals surface area contributed by atoms with Gasteiger partial charge in [0.25, 0.3) is 0 Å². The quantitative estimate of drug-likeness (QED) is 0.767. The maximum atomic E-state index is 5.77. The van der Waals surface area contributed by atoms with Gasteiger partial charge in [-0.05, 0) is 49.2 Å². The standard InChI is InChI=1S/C21H26N4O/c1-16(2)26-19-5-3-18(4-6-19)20-14-22-8-11-25(20)15-17-7-10-24-12-9-23-21(24)13-17/h3-7,9-10,12-13,16,20,22H,8,11,14-15H2,1-2H3. The molecule has 0 amide bonds. The minimum Gasteiger partial charge on any atom is -0.491 e. The van der Waals surface area contributed by atoms with E-state index >= 15 is 0 Å². The van der Waals surface area contributed by atoms with E-state index in [4.69, 9.17) is 4.74 Å². The second-order valence-electron chi connectivity index (χ2n) is 7.15.